The molecule has 0 spiro atoms. The van der Waals surface area contributed by atoms with Crippen LogP contribution in [0.3, 0.4) is 0 Å². The fraction of sp³-hybridized carbons (Fsp3) is 0.588. The fourth-order valence-electron chi connectivity index (χ4n) is 3.41. The maximum Gasteiger partial charge on any atom is 0.183 e. The second-order valence-electron chi connectivity index (χ2n) is 6.31. The van der Waals surface area contributed by atoms with Gasteiger partial charge in [0.15, 0.2) is 5.78 Å². The number of carbonyl (C=O) groups excluding carboxylic acids is 1. The van der Waals surface area contributed by atoms with Crippen LogP contribution in [0.15, 0.2) is 18.2 Å². The van der Waals surface area contributed by atoms with Gasteiger partial charge in [0, 0.05) is 5.56 Å². The summed E-state index contributed by atoms with van der Waals surface area (Å²) >= 11 is 6.06. The van der Waals surface area contributed by atoms with Gasteiger partial charge in [0.2, 0.25) is 0 Å². The van der Waals surface area contributed by atoms with E-state index in [1.807, 2.05) is 14.1 Å². The number of Topliss-reactive ketones (excluding diaryl/α,β-unsaturated/α-hetero) is 1. The third-order valence-corrected chi connectivity index (χ3v) is 4.98. The molecule has 1 aliphatic rings. The van der Waals surface area contributed by atoms with E-state index in [4.69, 9.17) is 16.3 Å². The molecule has 116 valence electrons. The van der Waals surface area contributed by atoms with Crippen molar-refractivity contribution in [3.63, 3.8) is 0 Å². The highest BCUT2D eigenvalue weighted by Gasteiger charge is 2.43. The molecule has 0 N–H and O–H groups in total. The summed E-state index contributed by atoms with van der Waals surface area (Å²) in [6, 6.07) is 5.30. The van der Waals surface area contributed by atoms with Crippen molar-refractivity contribution in [2.24, 2.45) is 5.92 Å². The Balaban J connectivity index is 2.39. The van der Waals surface area contributed by atoms with E-state index in [1.54, 1.807) is 25.3 Å². The van der Waals surface area contributed by atoms with Crippen LogP contribution in [0.1, 0.15) is 43.0 Å². The van der Waals surface area contributed by atoms with Gasteiger partial charge in [-0.3, -0.25) is 9.69 Å². The highest BCUT2D eigenvalue weighted by molar-refractivity contribution is 6.32. The van der Waals surface area contributed by atoms with E-state index in [2.05, 4.69) is 11.8 Å². The molecule has 2 unspecified atom stereocenters. The normalized spacial score (nSPS) is 25.9. The van der Waals surface area contributed by atoms with Gasteiger partial charge in [-0.1, -0.05) is 31.4 Å². The Morgan fingerprint density at radius 2 is 2.14 bits per heavy atom. The number of likely N-dealkylation sites (N-methyl/N-ethyl adjacent to an activating group) is 1. The summed E-state index contributed by atoms with van der Waals surface area (Å²) in [6.07, 6.45) is 4.11. The SMILES string of the molecule is COc1cc(C(=O)C2(N(C)C)CCCC(C)C2)ccc1Cl. The van der Waals surface area contributed by atoms with Gasteiger partial charge in [0.25, 0.3) is 0 Å². The summed E-state index contributed by atoms with van der Waals surface area (Å²) in [4.78, 5) is 15.2. The van der Waals surface area contributed by atoms with E-state index in [-0.39, 0.29) is 5.78 Å². The van der Waals surface area contributed by atoms with Gasteiger partial charge in [-0.2, -0.15) is 0 Å². The fourth-order valence-corrected chi connectivity index (χ4v) is 3.60. The average molecular weight is 310 g/mol. The molecule has 4 heteroatoms. The molecular formula is C17H24ClNO2. The molecule has 0 amide bonds. The van der Waals surface area contributed by atoms with E-state index in [9.17, 15) is 4.79 Å². The number of hydrogen-bond acceptors (Lipinski definition) is 3. The first-order valence-corrected chi connectivity index (χ1v) is 7.84. The Morgan fingerprint density at radius 1 is 1.43 bits per heavy atom. The zero-order chi connectivity index (χ0) is 15.6. The molecule has 0 aliphatic heterocycles. The van der Waals surface area contributed by atoms with Gasteiger partial charge in [-0.25, -0.2) is 0 Å². The molecule has 3 nitrogen and oxygen atoms in total. The molecule has 21 heavy (non-hydrogen) atoms. The standard InChI is InChI=1S/C17H24ClNO2/c1-12-6-5-9-17(11-12,19(2)3)16(20)13-7-8-14(18)15(10-13)21-4/h7-8,10,12H,5-6,9,11H2,1-4H3. The van der Waals surface area contributed by atoms with Crippen LogP contribution < -0.4 is 4.74 Å². The minimum Gasteiger partial charge on any atom is -0.495 e. The average Bonchev–Trinajstić information content (AvgIpc) is 2.46. The van der Waals surface area contributed by atoms with Gasteiger partial charge >= 0.3 is 0 Å². The first-order valence-electron chi connectivity index (χ1n) is 7.46. The first kappa shape index (κ1) is 16.3. The van der Waals surface area contributed by atoms with Crippen LogP contribution in [-0.4, -0.2) is 37.4 Å². The van der Waals surface area contributed by atoms with Gasteiger partial charge in [-0.05, 0) is 51.1 Å². The maximum absolute atomic E-state index is 13.1. The maximum atomic E-state index is 13.1. The van der Waals surface area contributed by atoms with Crippen LogP contribution in [-0.2, 0) is 0 Å². The van der Waals surface area contributed by atoms with Crippen molar-refractivity contribution in [3.8, 4) is 5.75 Å². The summed E-state index contributed by atoms with van der Waals surface area (Å²) in [7, 11) is 5.58. The van der Waals surface area contributed by atoms with Crippen molar-refractivity contribution in [2.75, 3.05) is 21.2 Å². The quantitative estimate of drug-likeness (QED) is 0.786. The van der Waals surface area contributed by atoms with Gasteiger partial charge in [0.1, 0.15) is 5.75 Å². The van der Waals surface area contributed by atoms with Gasteiger partial charge in [0.05, 0.1) is 17.7 Å². The number of hydrogen-bond donors (Lipinski definition) is 0. The van der Waals surface area contributed by atoms with Crippen LogP contribution >= 0.6 is 11.6 Å². The van der Waals surface area contributed by atoms with Crippen molar-refractivity contribution >= 4 is 17.4 Å². The third kappa shape index (κ3) is 3.09. The lowest BCUT2D eigenvalue weighted by molar-refractivity contribution is 0.0486. The monoisotopic (exact) mass is 309 g/mol. The smallest absolute Gasteiger partial charge is 0.183 e. The minimum atomic E-state index is -0.406. The Morgan fingerprint density at radius 3 is 2.71 bits per heavy atom. The number of ketones is 1. The summed E-state index contributed by atoms with van der Waals surface area (Å²) in [5.74, 6) is 1.30. The van der Waals surface area contributed by atoms with Crippen LogP contribution in [0, 0.1) is 5.92 Å². The van der Waals surface area contributed by atoms with Crippen LogP contribution in [0.4, 0.5) is 0 Å². The molecule has 0 aromatic heterocycles. The van der Waals surface area contributed by atoms with Gasteiger partial charge < -0.3 is 4.74 Å². The van der Waals surface area contributed by atoms with E-state index < -0.39 is 5.54 Å². The number of nitrogens with zero attached hydrogens (tertiary/aromatic N) is 1. The highest BCUT2D eigenvalue weighted by atomic mass is 35.5. The third-order valence-electron chi connectivity index (χ3n) is 4.67. The molecule has 0 heterocycles. The molecular weight excluding hydrogens is 286 g/mol. The van der Waals surface area contributed by atoms with Crippen molar-refractivity contribution in [3.05, 3.63) is 28.8 Å². The molecule has 0 radical (unpaired) electrons. The second-order valence-corrected chi connectivity index (χ2v) is 6.71. The number of rotatable bonds is 4. The number of carbonyl (C=O) groups is 1. The molecule has 1 saturated carbocycles. The van der Waals surface area contributed by atoms with Crippen LogP contribution in [0.25, 0.3) is 0 Å². The Bertz CT molecular complexity index is 530. The van der Waals surface area contributed by atoms with Crippen molar-refractivity contribution in [2.45, 2.75) is 38.1 Å². The topological polar surface area (TPSA) is 29.5 Å². The van der Waals surface area contributed by atoms with E-state index >= 15 is 0 Å². The molecule has 1 aliphatic carbocycles. The number of ether oxygens (including phenoxy) is 1. The predicted molar refractivity (Wildman–Crippen MR) is 86.4 cm³/mol. The molecule has 2 atom stereocenters. The Labute approximate surface area is 132 Å². The lowest BCUT2D eigenvalue weighted by Gasteiger charge is -2.43. The zero-order valence-electron chi connectivity index (χ0n) is 13.3. The van der Waals surface area contributed by atoms with Crippen molar-refractivity contribution in [1.82, 2.24) is 4.90 Å². The van der Waals surface area contributed by atoms with Crippen molar-refractivity contribution < 1.29 is 9.53 Å². The van der Waals surface area contributed by atoms with Crippen LogP contribution in [0.5, 0.6) is 5.75 Å². The number of benzene rings is 1. The van der Waals surface area contributed by atoms with Crippen LogP contribution in [0.2, 0.25) is 5.02 Å². The van der Waals surface area contributed by atoms with E-state index in [0.29, 0.717) is 22.3 Å². The minimum absolute atomic E-state index is 0.175. The summed E-state index contributed by atoms with van der Waals surface area (Å²) < 4.78 is 5.24. The summed E-state index contributed by atoms with van der Waals surface area (Å²) in [6.45, 7) is 2.23. The predicted octanol–water partition coefficient (Wildman–Crippen LogP) is 4.04. The Hall–Kier alpha value is -1.06. The number of halogens is 1. The molecule has 0 bridgehead atoms. The summed E-state index contributed by atoms with van der Waals surface area (Å²) in [5.41, 5.74) is 0.273. The molecule has 1 aromatic rings. The lowest BCUT2D eigenvalue weighted by Crippen LogP contribution is -2.53. The largest absolute Gasteiger partial charge is 0.495 e. The molecule has 1 fully saturated rings. The Kier molecular flexibility index (Phi) is 4.95. The molecule has 2 rings (SSSR count). The van der Waals surface area contributed by atoms with Crippen molar-refractivity contribution in [1.29, 1.82) is 0 Å². The van der Waals surface area contributed by atoms with E-state index in [1.165, 1.54) is 6.42 Å². The highest BCUT2D eigenvalue weighted by Crippen LogP contribution is 2.39. The zero-order valence-corrected chi connectivity index (χ0v) is 14.0. The first-order chi connectivity index (χ1) is 9.90. The lowest BCUT2D eigenvalue weighted by atomic mass is 9.71. The number of methoxy groups -OCH3 is 1. The second kappa shape index (κ2) is 6.37. The van der Waals surface area contributed by atoms with E-state index in [0.717, 1.165) is 19.3 Å². The molecule has 1 aromatic carbocycles. The molecule has 0 saturated heterocycles. The van der Waals surface area contributed by atoms with Gasteiger partial charge in [-0.15, -0.1) is 0 Å². The summed E-state index contributed by atoms with van der Waals surface area (Å²) in [5, 5.41) is 0.532.